The van der Waals surface area contributed by atoms with Gasteiger partial charge in [0, 0.05) is 15.8 Å². The molecule has 1 aliphatic heterocycles. The van der Waals surface area contributed by atoms with Crippen molar-refractivity contribution in [1.29, 1.82) is 0 Å². The summed E-state index contributed by atoms with van der Waals surface area (Å²) in [6.45, 7) is 0. The Kier molecular flexibility index (Phi) is 3.75. The van der Waals surface area contributed by atoms with Crippen molar-refractivity contribution in [3.05, 3.63) is 70.6 Å². The lowest BCUT2D eigenvalue weighted by atomic mass is 10.1. The van der Waals surface area contributed by atoms with Gasteiger partial charge in [-0.05, 0) is 30.0 Å². The number of amides is 1. The molecule has 114 valence electrons. The Labute approximate surface area is 146 Å². The first-order chi connectivity index (χ1) is 11.2. The molecule has 0 fully saturated rings. The van der Waals surface area contributed by atoms with E-state index < -0.39 is 0 Å². The first kappa shape index (κ1) is 14.6. The van der Waals surface area contributed by atoms with Crippen LogP contribution >= 0.6 is 27.3 Å². The van der Waals surface area contributed by atoms with Crippen LogP contribution in [0.3, 0.4) is 0 Å². The fraction of sp³-hybridized carbons (Fsp3) is 0.111. The van der Waals surface area contributed by atoms with E-state index in [1.807, 2.05) is 47.2 Å². The van der Waals surface area contributed by atoms with Crippen LogP contribution in [0.4, 0.5) is 11.4 Å². The lowest BCUT2D eigenvalue weighted by Gasteiger charge is -2.14. The smallest absolute Gasteiger partial charge is 0.274 e. The SMILES string of the molecule is O=C1C(=NC2=CCC(Br)C=C2)c2ccccc2N1c1ccsc1. The lowest BCUT2D eigenvalue weighted by Crippen LogP contribution is -2.25. The Morgan fingerprint density at radius 2 is 2.13 bits per heavy atom. The second-order valence-corrected chi connectivity index (χ2v) is 7.30. The number of carbonyl (C=O) groups is 1. The molecule has 1 unspecified atom stereocenters. The Bertz CT molecular complexity index is 852. The first-order valence-electron chi connectivity index (χ1n) is 7.31. The summed E-state index contributed by atoms with van der Waals surface area (Å²) >= 11 is 5.13. The second kappa shape index (κ2) is 5.91. The number of thiophene rings is 1. The van der Waals surface area contributed by atoms with E-state index in [2.05, 4.69) is 33.1 Å². The zero-order valence-corrected chi connectivity index (χ0v) is 14.5. The van der Waals surface area contributed by atoms with Crippen LogP contribution in [0.5, 0.6) is 0 Å². The van der Waals surface area contributed by atoms with Crippen molar-refractivity contribution in [2.75, 3.05) is 4.90 Å². The molecule has 5 heteroatoms. The van der Waals surface area contributed by atoms with Gasteiger partial charge in [0.15, 0.2) is 0 Å². The van der Waals surface area contributed by atoms with Gasteiger partial charge in [-0.25, -0.2) is 4.99 Å². The highest BCUT2D eigenvalue weighted by Gasteiger charge is 2.35. The van der Waals surface area contributed by atoms with Crippen molar-refractivity contribution in [3.63, 3.8) is 0 Å². The number of anilines is 2. The molecule has 0 N–H and O–H groups in total. The summed E-state index contributed by atoms with van der Waals surface area (Å²) in [6, 6.07) is 9.77. The fourth-order valence-corrected chi connectivity index (χ4v) is 3.70. The van der Waals surface area contributed by atoms with Gasteiger partial charge < -0.3 is 0 Å². The van der Waals surface area contributed by atoms with Gasteiger partial charge in [-0.2, -0.15) is 11.3 Å². The highest BCUT2D eigenvalue weighted by Crippen LogP contribution is 2.37. The molecule has 2 heterocycles. The molecular formula is C18H13BrN2OS. The van der Waals surface area contributed by atoms with Crippen LogP contribution in [0.25, 0.3) is 0 Å². The molecular weight excluding hydrogens is 372 g/mol. The highest BCUT2D eigenvalue weighted by atomic mass is 79.9. The molecule has 0 bridgehead atoms. The van der Waals surface area contributed by atoms with Gasteiger partial charge in [-0.1, -0.05) is 46.3 Å². The van der Waals surface area contributed by atoms with E-state index in [1.54, 1.807) is 16.2 Å². The minimum Gasteiger partial charge on any atom is -0.274 e. The predicted octanol–water partition coefficient (Wildman–Crippen LogP) is 4.82. The average Bonchev–Trinajstić information content (AvgIpc) is 3.17. The zero-order chi connectivity index (χ0) is 15.8. The molecule has 0 radical (unpaired) electrons. The van der Waals surface area contributed by atoms with Crippen LogP contribution in [-0.4, -0.2) is 16.4 Å². The van der Waals surface area contributed by atoms with Crippen molar-refractivity contribution in [2.24, 2.45) is 4.99 Å². The molecule has 23 heavy (non-hydrogen) atoms. The second-order valence-electron chi connectivity index (χ2n) is 5.34. The number of carbonyl (C=O) groups excluding carboxylic acids is 1. The number of halogens is 1. The summed E-state index contributed by atoms with van der Waals surface area (Å²) in [7, 11) is 0. The van der Waals surface area contributed by atoms with Crippen LogP contribution in [0, 0.1) is 0 Å². The van der Waals surface area contributed by atoms with E-state index in [1.165, 1.54) is 0 Å². The number of rotatable bonds is 2. The van der Waals surface area contributed by atoms with Gasteiger partial charge in [0.1, 0.15) is 5.71 Å². The van der Waals surface area contributed by atoms with Gasteiger partial charge in [0.25, 0.3) is 5.91 Å². The highest BCUT2D eigenvalue weighted by molar-refractivity contribution is 9.09. The number of aliphatic imine (C=N–C) groups is 1. The summed E-state index contributed by atoms with van der Waals surface area (Å²) < 4.78 is 0. The Morgan fingerprint density at radius 1 is 1.26 bits per heavy atom. The summed E-state index contributed by atoms with van der Waals surface area (Å²) in [6.07, 6.45) is 6.95. The minimum atomic E-state index is -0.0696. The molecule has 4 rings (SSSR count). The van der Waals surface area contributed by atoms with Gasteiger partial charge in [-0.3, -0.25) is 9.69 Å². The number of benzene rings is 1. The number of fused-ring (bicyclic) bond motifs is 1. The maximum atomic E-state index is 12.9. The average molecular weight is 385 g/mol. The van der Waals surface area contributed by atoms with E-state index in [-0.39, 0.29) is 5.91 Å². The van der Waals surface area contributed by atoms with E-state index in [0.717, 1.165) is 29.1 Å². The molecule has 0 saturated heterocycles. The van der Waals surface area contributed by atoms with Crippen LogP contribution in [0.15, 0.2) is 70.0 Å². The fourth-order valence-electron chi connectivity index (χ4n) is 2.74. The third-order valence-corrected chi connectivity index (χ3v) is 5.19. The molecule has 0 spiro atoms. The van der Waals surface area contributed by atoms with Gasteiger partial charge in [-0.15, -0.1) is 0 Å². The summed E-state index contributed by atoms with van der Waals surface area (Å²) in [5.74, 6) is -0.0696. The standard InChI is InChI=1S/C18H13BrN2OS/c19-12-5-7-13(8-6-12)20-17-15-3-1-2-4-16(15)21(18(17)22)14-9-10-23-11-14/h1-5,7-12H,6H2. The van der Waals surface area contributed by atoms with Crippen LogP contribution < -0.4 is 4.90 Å². The summed E-state index contributed by atoms with van der Waals surface area (Å²) in [4.78, 5) is 19.7. The van der Waals surface area contributed by atoms with E-state index in [0.29, 0.717) is 10.5 Å². The first-order valence-corrected chi connectivity index (χ1v) is 9.17. The molecule has 1 atom stereocenters. The summed E-state index contributed by atoms with van der Waals surface area (Å²) in [5.41, 5.74) is 4.03. The monoisotopic (exact) mass is 384 g/mol. The quantitative estimate of drug-likeness (QED) is 0.682. The van der Waals surface area contributed by atoms with E-state index in [4.69, 9.17) is 0 Å². The van der Waals surface area contributed by atoms with Crippen LogP contribution in [-0.2, 0) is 4.79 Å². The lowest BCUT2D eigenvalue weighted by molar-refractivity contribution is -0.111. The Balaban J connectivity index is 1.80. The Hall–Kier alpha value is -1.98. The number of alkyl halides is 1. The van der Waals surface area contributed by atoms with Crippen LogP contribution in [0.2, 0.25) is 0 Å². The van der Waals surface area contributed by atoms with E-state index in [9.17, 15) is 4.79 Å². The van der Waals surface area contributed by atoms with Gasteiger partial charge >= 0.3 is 0 Å². The number of allylic oxidation sites excluding steroid dienone is 3. The maximum absolute atomic E-state index is 12.9. The number of hydrogen-bond donors (Lipinski definition) is 0. The largest absolute Gasteiger partial charge is 0.282 e. The summed E-state index contributed by atoms with van der Waals surface area (Å²) in [5, 5.41) is 3.95. The maximum Gasteiger partial charge on any atom is 0.282 e. The number of nitrogens with zero attached hydrogens (tertiary/aromatic N) is 2. The topological polar surface area (TPSA) is 32.7 Å². The third kappa shape index (κ3) is 2.60. The third-order valence-electron chi connectivity index (χ3n) is 3.84. The normalized spacial score (nSPS) is 21.7. The van der Waals surface area contributed by atoms with Gasteiger partial charge in [0.05, 0.1) is 17.1 Å². The predicted molar refractivity (Wildman–Crippen MR) is 99.0 cm³/mol. The number of para-hydroxylation sites is 1. The molecule has 3 nitrogen and oxygen atoms in total. The Morgan fingerprint density at radius 3 is 2.87 bits per heavy atom. The van der Waals surface area contributed by atoms with Crippen molar-refractivity contribution >= 4 is 50.3 Å². The molecule has 1 aromatic heterocycles. The minimum absolute atomic E-state index is 0.0696. The molecule has 1 aliphatic carbocycles. The van der Waals surface area contributed by atoms with E-state index >= 15 is 0 Å². The number of hydrogen-bond acceptors (Lipinski definition) is 3. The molecule has 1 amide bonds. The molecule has 1 aromatic carbocycles. The van der Waals surface area contributed by atoms with Crippen molar-refractivity contribution in [3.8, 4) is 0 Å². The molecule has 2 aromatic rings. The molecule has 0 saturated carbocycles. The van der Waals surface area contributed by atoms with Crippen molar-refractivity contribution in [2.45, 2.75) is 11.2 Å². The van der Waals surface area contributed by atoms with Gasteiger partial charge in [0.2, 0.25) is 0 Å². The van der Waals surface area contributed by atoms with Crippen molar-refractivity contribution < 1.29 is 4.79 Å². The zero-order valence-electron chi connectivity index (χ0n) is 12.1. The van der Waals surface area contributed by atoms with Crippen LogP contribution in [0.1, 0.15) is 12.0 Å². The van der Waals surface area contributed by atoms with Crippen molar-refractivity contribution in [1.82, 2.24) is 0 Å². The molecule has 2 aliphatic rings.